The molecule has 0 aliphatic carbocycles. The second-order valence-corrected chi connectivity index (χ2v) is 8.92. The maximum absolute atomic E-state index is 12.3. The van der Waals surface area contributed by atoms with Crippen LogP contribution in [0.2, 0.25) is 0 Å². The van der Waals surface area contributed by atoms with Crippen molar-refractivity contribution in [1.29, 1.82) is 0 Å². The number of phenolic OH excluding ortho intramolecular Hbond substituents is 1. The number of phenols is 1. The predicted octanol–water partition coefficient (Wildman–Crippen LogP) is 7.05. The number of nitrogens with one attached hydrogen (secondary N) is 1. The van der Waals surface area contributed by atoms with Crippen LogP contribution in [0.4, 0.5) is 0 Å². The molecule has 0 spiro atoms. The van der Waals surface area contributed by atoms with Gasteiger partial charge in [0.1, 0.15) is 24.0 Å². The first-order valence-corrected chi connectivity index (χ1v) is 13.9. The van der Waals surface area contributed by atoms with Crippen LogP contribution in [0.1, 0.15) is 94.8 Å². The van der Waals surface area contributed by atoms with Crippen molar-refractivity contribution in [1.82, 2.24) is 5.32 Å². The molecule has 1 aromatic carbocycles. The van der Waals surface area contributed by atoms with Gasteiger partial charge in [-0.15, -0.1) is 0 Å². The van der Waals surface area contributed by atoms with Gasteiger partial charge in [-0.3, -0.25) is 4.79 Å². The van der Waals surface area contributed by atoms with E-state index in [1.807, 2.05) is 6.92 Å². The van der Waals surface area contributed by atoms with Crippen molar-refractivity contribution >= 4 is 11.9 Å². The van der Waals surface area contributed by atoms with Crippen molar-refractivity contribution in [3.63, 3.8) is 0 Å². The van der Waals surface area contributed by atoms with E-state index in [1.54, 1.807) is 12.1 Å². The molecular formula is C31H47NO5. The zero-order valence-corrected chi connectivity index (χ0v) is 22.8. The minimum absolute atomic E-state index is 0.0269. The zero-order chi connectivity index (χ0) is 27.0. The van der Waals surface area contributed by atoms with Crippen LogP contribution in [0.3, 0.4) is 0 Å². The van der Waals surface area contributed by atoms with Crippen LogP contribution in [0.25, 0.3) is 0 Å². The van der Waals surface area contributed by atoms with Crippen LogP contribution in [0.15, 0.2) is 60.7 Å². The molecule has 206 valence electrons. The molecule has 37 heavy (non-hydrogen) atoms. The summed E-state index contributed by atoms with van der Waals surface area (Å²) in [5.41, 5.74) is 0.107. The highest BCUT2D eigenvalue weighted by molar-refractivity contribution is 5.92. The molecule has 0 aromatic heterocycles. The molecule has 0 aliphatic rings. The van der Waals surface area contributed by atoms with E-state index in [0.29, 0.717) is 13.0 Å². The van der Waals surface area contributed by atoms with E-state index < -0.39 is 12.1 Å². The van der Waals surface area contributed by atoms with Gasteiger partial charge in [-0.1, -0.05) is 88.1 Å². The van der Waals surface area contributed by atoms with Crippen LogP contribution in [0, 0.1) is 0 Å². The molecule has 0 fully saturated rings. The molecule has 1 aromatic rings. The first-order chi connectivity index (χ1) is 18.1. The molecule has 6 heteroatoms. The zero-order valence-electron chi connectivity index (χ0n) is 22.8. The summed E-state index contributed by atoms with van der Waals surface area (Å²) in [5, 5.41) is 12.4. The van der Waals surface area contributed by atoms with Crippen molar-refractivity contribution < 1.29 is 24.2 Å². The van der Waals surface area contributed by atoms with Gasteiger partial charge in [0.15, 0.2) is 0 Å². The van der Waals surface area contributed by atoms with E-state index in [0.717, 1.165) is 38.5 Å². The maximum atomic E-state index is 12.3. The number of allylic oxidation sites excluding steroid dienone is 6. The molecule has 2 N–H and O–H groups in total. The summed E-state index contributed by atoms with van der Waals surface area (Å²) in [6, 6.07) is 6.19. The first kappa shape index (κ1) is 32.2. The average molecular weight is 514 g/mol. The number of esters is 1. The molecular weight excluding hydrogens is 466 g/mol. The smallest absolute Gasteiger partial charge is 0.341 e. The molecule has 1 rings (SSSR count). The molecule has 1 atom stereocenters. The average Bonchev–Trinajstić information content (AvgIpc) is 2.90. The van der Waals surface area contributed by atoms with Gasteiger partial charge in [0.2, 0.25) is 5.91 Å². The number of hydrogen-bond donors (Lipinski definition) is 2. The fraction of sp³-hybridized carbons (Fsp3) is 0.548. The van der Waals surface area contributed by atoms with Crippen LogP contribution in [-0.4, -0.2) is 42.8 Å². The van der Waals surface area contributed by atoms with Crippen LogP contribution < -0.4 is 5.32 Å². The predicted molar refractivity (Wildman–Crippen MR) is 151 cm³/mol. The SMILES string of the molecule is CC/C=C\C/C=C\C/C=C\CCCCCCCCOC(CC)C(=O)NCCOC(=O)c1ccccc1O. The number of hydrogen-bond acceptors (Lipinski definition) is 5. The van der Waals surface area contributed by atoms with Crippen LogP contribution >= 0.6 is 0 Å². The number of unbranched alkanes of at least 4 members (excludes halogenated alkanes) is 6. The number of aromatic hydroxyl groups is 1. The summed E-state index contributed by atoms with van der Waals surface area (Å²) in [6.07, 6.45) is 24.7. The number of rotatable bonds is 21. The largest absolute Gasteiger partial charge is 0.507 e. The van der Waals surface area contributed by atoms with Gasteiger partial charge in [0, 0.05) is 6.61 Å². The van der Waals surface area contributed by atoms with Gasteiger partial charge in [0.25, 0.3) is 0 Å². The topological polar surface area (TPSA) is 84.9 Å². The molecule has 0 radical (unpaired) electrons. The lowest BCUT2D eigenvalue weighted by molar-refractivity contribution is -0.133. The Labute approximate surface area is 223 Å². The minimum Gasteiger partial charge on any atom is -0.507 e. The Morgan fingerprint density at radius 1 is 0.865 bits per heavy atom. The first-order valence-electron chi connectivity index (χ1n) is 13.9. The third-order valence-corrected chi connectivity index (χ3v) is 5.79. The summed E-state index contributed by atoms with van der Waals surface area (Å²) >= 11 is 0. The number of benzene rings is 1. The Bertz CT molecular complexity index is 831. The molecule has 0 saturated heterocycles. The Hall–Kier alpha value is -2.86. The monoisotopic (exact) mass is 513 g/mol. The van der Waals surface area contributed by atoms with Gasteiger partial charge in [-0.2, -0.15) is 0 Å². The molecule has 0 heterocycles. The Balaban J connectivity index is 2.00. The second-order valence-electron chi connectivity index (χ2n) is 8.92. The fourth-order valence-electron chi connectivity index (χ4n) is 3.66. The van der Waals surface area contributed by atoms with E-state index in [-0.39, 0.29) is 30.4 Å². The van der Waals surface area contributed by atoms with Crippen molar-refractivity contribution in [2.45, 2.75) is 90.6 Å². The molecule has 1 amide bonds. The standard InChI is InChI=1S/C31H47NO5/c1-3-5-6-7-8-9-10-11-12-13-14-15-16-17-18-21-25-36-29(4-2)30(34)32-24-26-37-31(35)27-22-19-20-23-28(27)33/h5-6,8-9,11-12,19-20,22-23,29,33H,3-4,7,10,13-18,21,24-26H2,1-2H3,(H,32,34)/b6-5-,9-8-,12-11-. The lowest BCUT2D eigenvalue weighted by Gasteiger charge is -2.16. The minimum atomic E-state index is -0.619. The third kappa shape index (κ3) is 16.5. The van der Waals surface area contributed by atoms with E-state index >= 15 is 0 Å². The summed E-state index contributed by atoms with van der Waals surface area (Å²) < 4.78 is 10.9. The van der Waals surface area contributed by atoms with E-state index in [9.17, 15) is 14.7 Å². The number of amides is 1. The van der Waals surface area contributed by atoms with Gasteiger partial charge in [-0.25, -0.2) is 4.79 Å². The number of ether oxygens (including phenoxy) is 2. The molecule has 1 unspecified atom stereocenters. The van der Waals surface area contributed by atoms with E-state index in [4.69, 9.17) is 9.47 Å². The lowest BCUT2D eigenvalue weighted by Crippen LogP contribution is -2.38. The number of para-hydroxylation sites is 1. The molecule has 0 bridgehead atoms. The van der Waals surface area contributed by atoms with Crippen LogP contribution in [0.5, 0.6) is 5.75 Å². The normalized spacial score (nSPS) is 12.5. The quantitative estimate of drug-likeness (QED) is 0.104. The molecule has 0 aliphatic heterocycles. The van der Waals surface area contributed by atoms with Gasteiger partial charge in [0.05, 0.1) is 6.54 Å². The number of carbonyl (C=O) groups excluding carboxylic acids is 2. The third-order valence-electron chi connectivity index (χ3n) is 5.79. The fourth-order valence-corrected chi connectivity index (χ4v) is 3.66. The summed E-state index contributed by atoms with van der Waals surface area (Å²) in [6.45, 7) is 4.86. The van der Waals surface area contributed by atoms with Gasteiger partial charge in [-0.05, 0) is 57.1 Å². The van der Waals surface area contributed by atoms with Crippen molar-refractivity contribution in [3.05, 3.63) is 66.3 Å². The van der Waals surface area contributed by atoms with Gasteiger partial charge < -0.3 is 19.9 Å². The summed E-state index contributed by atoms with van der Waals surface area (Å²) in [5.74, 6) is -0.942. The lowest BCUT2D eigenvalue weighted by atomic mass is 10.1. The van der Waals surface area contributed by atoms with Crippen molar-refractivity contribution in [2.24, 2.45) is 0 Å². The maximum Gasteiger partial charge on any atom is 0.341 e. The highest BCUT2D eigenvalue weighted by Gasteiger charge is 2.17. The van der Waals surface area contributed by atoms with E-state index in [1.165, 1.54) is 37.8 Å². The Kier molecular flexibility index (Phi) is 19.4. The Morgan fingerprint density at radius 3 is 2.22 bits per heavy atom. The van der Waals surface area contributed by atoms with Crippen LogP contribution in [-0.2, 0) is 14.3 Å². The Morgan fingerprint density at radius 2 is 1.51 bits per heavy atom. The highest BCUT2D eigenvalue weighted by atomic mass is 16.5. The summed E-state index contributed by atoms with van der Waals surface area (Å²) in [7, 11) is 0. The van der Waals surface area contributed by atoms with Crippen molar-refractivity contribution in [3.8, 4) is 5.75 Å². The molecule has 6 nitrogen and oxygen atoms in total. The van der Waals surface area contributed by atoms with Gasteiger partial charge >= 0.3 is 5.97 Å². The molecule has 0 saturated carbocycles. The summed E-state index contributed by atoms with van der Waals surface area (Å²) in [4.78, 5) is 24.3. The van der Waals surface area contributed by atoms with E-state index in [2.05, 4.69) is 48.7 Å². The number of carbonyl (C=O) groups is 2. The van der Waals surface area contributed by atoms with Crippen molar-refractivity contribution in [2.75, 3.05) is 19.8 Å². The highest BCUT2D eigenvalue weighted by Crippen LogP contribution is 2.16. The second kappa shape index (κ2) is 22.3.